The van der Waals surface area contributed by atoms with Gasteiger partial charge >= 0.3 is 0 Å². The van der Waals surface area contributed by atoms with Crippen LogP contribution in [0.1, 0.15) is 5.56 Å². The number of fused-ring (bicyclic) bond motifs is 6. The highest BCUT2D eigenvalue weighted by Crippen LogP contribution is 2.48. The molecule has 228 valence electrons. The van der Waals surface area contributed by atoms with Crippen LogP contribution in [0.5, 0.6) is 0 Å². The van der Waals surface area contributed by atoms with Crippen molar-refractivity contribution in [3.8, 4) is 33.4 Å². The summed E-state index contributed by atoms with van der Waals surface area (Å²) in [5.74, 6) is 0. The predicted octanol–water partition coefficient (Wildman–Crippen LogP) is 13.7. The lowest BCUT2D eigenvalue weighted by Gasteiger charge is -2.20. The first-order chi connectivity index (χ1) is 24.2. The zero-order chi connectivity index (χ0) is 32.2. The van der Waals surface area contributed by atoms with Gasteiger partial charge in [-0.2, -0.15) is 0 Å². The van der Waals surface area contributed by atoms with Crippen molar-refractivity contribution in [1.29, 1.82) is 0 Å². The van der Waals surface area contributed by atoms with Gasteiger partial charge in [0, 0.05) is 32.7 Å². The molecule has 2 heteroatoms. The molecule has 49 heavy (non-hydrogen) atoms. The Balaban J connectivity index is 1.29. The van der Waals surface area contributed by atoms with Crippen molar-refractivity contribution in [2.45, 2.75) is 6.92 Å². The molecule has 2 nitrogen and oxygen atoms in total. The molecule has 0 fully saturated rings. The normalized spacial score (nSPS) is 12.2. The minimum Gasteiger partial charge on any atom is -0.455 e. The lowest BCUT2D eigenvalue weighted by molar-refractivity contribution is 0.669. The fraction of sp³-hybridized carbons (Fsp3) is 0.0213. The van der Waals surface area contributed by atoms with Gasteiger partial charge in [0.2, 0.25) is 0 Å². The number of aryl methyl sites for hydroxylation is 1. The number of para-hydroxylation sites is 4. The summed E-state index contributed by atoms with van der Waals surface area (Å²) in [4.78, 5) is 0. The Morgan fingerprint density at radius 2 is 0.816 bits per heavy atom. The Bertz CT molecular complexity index is 3120. The van der Waals surface area contributed by atoms with Gasteiger partial charge in [0.1, 0.15) is 22.3 Å². The second-order valence-corrected chi connectivity index (χ2v) is 13.2. The molecule has 0 N–H and O–H groups in total. The molecule has 11 aromatic rings. The molecule has 2 heterocycles. The summed E-state index contributed by atoms with van der Waals surface area (Å²) in [5.41, 5.74) is 12.0. The second kappa shape index (κ2) is 9.82. The molecule has 11 rings (SSSR count). The summed E-state index contributed by atoms with van der Waals surface area (Å²) < 4.78 is 13.2. The summed E-state index contributed by atoms with van der Waals surface area (Å²) in [6.07, 6.45) is 0. The fourth-order valence-corrected chi connectivity index (χ4v) is 8.37. The first-order valence-corrected chi connectivity index (χ1v) is 16.8. The van der Waals surface area contributed by atoms with Crippen molar-refractivity contribution < 1.29 is 8.83 Å². The number of benzene rings is 9. The van der Waals surface area contributed by atoms with E-state index in [4.69, 9.17) is 8.83 Å². The highest BCUT2D eigenvalue weighted by molar-refractivity contribution is 6.31. The van der Waals surface area contributed by atoms with Crippen molar-refractivity contribution >= 4 is 76.2 Å². The van der Waals surface area contributed by atoms with E-state index in [1.807, 2.05) is 12.1 Å². The van der Waals surface area contributed by atoms with E-state index in [0.717, 1.165) is 55.0 Å². The maximum atomic E-state index is 6.63. The summed E-state index contributed by atoms with van der Waals surface area (Å²) in [6.45, 7) is 2.21. The van der Waals surface area contributed by atoms with Gasteiger partial charge < -0.3 is 8.83 Å². The Morgan fingerprint density at radius 3 is 1.49 bits per heavy atom. The van der Waals surface area contributed by atoms with Gasteiger partial charge in [-0.3, -0.25) is 0 Å². The zero-order valence-corrected chi connectivity index (χ0v) is 26.8. The van der Waals surface area contributed by atoms with Crippen molar-refractivity contribution in [1.82, 2.24) is 0 Å². The molecule has 0 aliphatic heterocycles. The van der Waals surface area contributed by atoms with E-state index in [-0.39, 0.29) is 0 Å². The smallest absolute Gasteiger partial charge is 0.143 e. The van der Waals surface area contributed by atoms with Gasteiger partial charge in [-0.15, -0.1) is 0 Å². The van der Waals surface area contributed by atoms with Crippen LogP contribution in [-0.2, 0) is 0 Å². The average Bonchev–Trinajstić information content (AvgIpc) is 3.73. The molecule has 0 aliphatic carbocycles. The monoisotopic (exact) mass is 624 g/mol. The molecule has 9 aromatic carbocycles. The Kier molecular flexibility index (Phi) is 5.34. The van der Waals surface area contributed by atoms with Crippen molar-refractivity contribution in [2.75, 3.05) is 0 Å². The van der Waals surface area contributed by atoms with Gasteiger partial charge in [0.25, 0.3) is 0 Å². The summed E-state index contributed by atoms with van der Waals surface area (Å²) >= 11 is 0. The predicted molar refractivity (Wildman–Crippen MR) is 206 cm³/mol. The van der Waals surface area contributed by atoms with Crippen LogP contribution in [0, 0.1) is 6.92 Å². The molecule has 0 amide bonds. The van der Waals surface area contributed by atoms with E-state index in [9.17, 15) is 0 Å². The largest absolute Gasteiger partial charge is 0.455 e. The van der Waals surface area contributed by atoms with E-state index in [1.165, 1.54) is 60.1 Å². The first kappa shape index (κ1) is 26.7. The first-order valence-electron chi connectivity index (χ1n) is 16.8. The van der Waals surface area contributed by atoms with E-state index >= 15 is 0 Å². The van der Waals surface area contributed by atoms with Crippen molar-refractivity contribution in [2.24, 2.45) is 0 Å². The van der Waals surface area contributed by atoms with Crippen LogP contribution in [0.4, 0.5) is 0 Å². The fourth-order valence-electron chi connectivity index (χ4n) is 8.37. The van der Waals surface area contributed by atoms with Crippen LogP contribution in [0.2, 0.25) is 0 Å². The molecular weight excluding hydrogens is 597 g/mol. The van der Waals surface area contributed by atoms with Gasteiger partial charge in [-0.25, -0.2) is 0 Å². The maximum absolute atomic E-state index is 6.63. The highest BCUT2D eigenvalue weighted by Gasteiger charge is 2.22. The average molecular weight is 625 g/mol. The van der Waals surface area contributed by atoms with Crippen LogP contribution in [0.3, 0.4) is 0 Å². The molecule has 0 spiro atoms. The molecule has 0 bridgehead atoms. The minimum absolute atomic E-state index is 0.909. The van der Waals surface area contributed by atoms with Gasteiger partial charge in [0.15, 0.2) is 0 Å². The Labute approximate surface area is 281 Å². The SMILES string of the molecule is Cc1ccccc1-c1cc(-c2cccc3c2oc2ccccc23)c2ccc3ccc(-c4cccc5c4oc4ccccc45)c4ccc1c2c34. The van der Waals surface area contributed by atoms with Crippen molar-refractivity contribution in [3.05, 3.63) is 157 Å². The van der Waals surface area contributed by atoms with E-state index in [1.54, 1.807) is 0 Å². The lowest BCUT2D eigenvalue weighted by atomic mass is 9.83. The third-order valence-corrected chi connectivity index (χ3v) is 10.6. The molecule has 0 aliphatic rings. The summed E-state index contributed by atoms with van der Waals surface area (Å²) in [5, 5.41) is 12.0. The third kappa shape index (κ3) is 3.66. The molecule has 0 unspecified atom stereocenters. The number of hydrogen-bond donors (Lipinski definition) is 0. The maximum Gasteiger partial charge on any atom is 0.143 e. The molecule has 2 aromatic heterocycles. The number of furan rings is 2. The van der Waals surface area contributed by atoms with Gasteiger partial charge in [-0.05, 0) is 85.3 Å². The Morgan fingerprint density at radius 1 is 0.327 bits per heavy atom. The van der Waals surface area contributed by atoms with Crippen LogP contribution in [-0.4, -0.2) is 0 Å². The summed E-state index contributed by atoms with van der Waals surface area (Å²) in [6, 6.07) is 54.6. The van der Waals surface area contributed by atoms with Crippen LogP contribution >= 0.6 is 0 Å². The quantitative estimate of drug-likeness (QED) is 0.183. The topological polar surface area (TPSA) is 26.3 Å². The van der Waals surface area contributed by atoms with Gasteiger partial charge in [0.05, 0.1) is 0 Å². The summed E-state index contributed by atoms with van der Waals surface area (Å²) in [7, 11) is 0. The van der Waals surface area contributed by atoms with E-state index in [2.05, 4.69) is 146 Å². The second-order valence-electron chi connectivity index (χ2n) is 13.2. The zero-order valence-electron chi connectivity index (χ0n) is 26.8. The number of rotatable bonds is 3. The molecule has 0 radical (unpaired) electrons. The van der Waals surface area contributed by atoms with Crippen LogP contribution in [0.15, 0.2) is 160 Å². The van der Waals surface area contributed by atoms with E-state index < -0.39 is 0 Å². The Hall–Kier alpha value is -6.38. The molecule has 0 saturated heterocycles. The lowest BCUT2D eigenvalue weighted by Crippen LogP contribution is -1.93. The van der Waals surface area contributed by atoms with Gasteiger partial charge in [-0.1, -0.05) is 133 Å². The standard InChI is InChI=1S/C47H28O2/c1-27-10-2-3-11-29(27)40-26-41(39-17-9-16-38-32-13-5-7-19-43(32)49-47(38)39)34-23-21-28-20-22-30(33-24-25-35(40)45(34)44(28)33)36-14-8-15-37-31-12-4-6-18-42(31)48-46(36)37/h2-26H,1H3. The molecular formula is C47H28O2. The third-order valence-electron chi connectivity index (χ3n) is 10.6. The van der Waals surface area contributed by atoms with Crippen molar-refractivity contribution in [3.63, 3.8) is 0 Å². The van der Waals surface area contributed by atoms with E-state index in [0.29, 0.717) is 0 Å². The minimum atomic E-state index is 0.909. The van der Waals surface area contributed by atoms with Crippen LogP contribution < -0.4 is 0 Å². The number of hydrogen-bond acceptors (Lipinski definition) is 2. The molecule has 0 saturated carbocycles. The van der Waals surface area contributed by atoms with Crippen LogP contribution in [0.25, 0.3) is 110 Å². The molecule has 0 atom stereocenters. The highest BCUT2D eigenvalue weighted by atomic mass is 16.3.